The van der Waals surface area contributed by atoms with Crippen LogP contribution in [0.1, 0.15) is 20.8 Å². The summed E-state index contributed by atoms with van der Waals surface area (Å²) in [6, 6.07) is 9.37. The molecule has 0 saturated carbocycles. The molecule has 2 amide bonds. The van der Waals surface area contributed by atoms with Crippen molar-refractivity contribution in [1.82, 2.24) is 9.80 Å². The Morgan fingerprint density at radius 2 is 1.64 bits per heavy atom. The van der Waals surface area contributed by atoms with Crippen molar-refractivity contribution in [3.8, 4) is 0 Å². The highest BCUT2D eigenvalue weighted by atomic mass is 16.2. The minimum absolute atomic E-state index is 0.0759. The van der Waals surface area contributed by atoms with Crippen LogP contribution in [0.4, 0.5) is 10.5 Å². The number of para-hydroxylation sites is 1. The number of Topliss-reactive ketones (excluding diaryl/α,β-unsaturated/α-hetero) is 1. The zero-order valence-corrected chi connectivity index (χ0v) is 13.6. The predicted molar refractivity (Wildman–Crippen MR) is 87.9 cm³/mol. The number of amides is 2. The molecule has 0 atom stereocenters. The Kier molecular flexibility index (Phi) is 5.19. The number of benzene rings is 1. The van der Waals surface area contributed by atoms with Gasteiger partial charge in [0.1, 0.15) is 0 Å². The highest BCUT2D eigenvalue weighted by Crippen LogP contribution is 2.16. The molecule has 1 aromatic rings. The zero-order chi connectivity index (χ0) is 16.2. The van der Waals surface area contributed by atoms with Gasteiger partial charge in [-0.1, -0.05) is 39.0 Å². The molecule has 0 radical (unpaired) electrons. The fourth-order valence-electron chi connectivity index (χ4n) is 2.27. The maximum atomic E-state index is 12.2. The third-order valence-corrected chi connectivity index (χ3v) is 3.89. The maximum Gasteiger partial charge on any atom is 0.321 e. The summed E-state index contributed by atoms with van der Waals surface area (Å²) in [5.74, 6) is 0.245. The molecule has 5 heteroatoms. The van der Waals surface area contributed by atoms with Crippen molar-refractivity contribution in [2.45, 2.75) is 20.8 Å². The lowest BCUT2D eigenvalue weighted by Crippen LogP contribution is -2.51. The number of hydrogen-bond donors (Lipinski definition) is 1. The summed E-state index contributed by atoms with van der Waals surface area (Å²) >= 11 is 0. The lowest BCUT2D eigenvalue weighted by Gasteiger charge is -2.35. The average molecular weight is 303 g/mol. The van der Waals surface area contributed by atoms with Crippen LogP contribution in [0.5, 0.6) is 0 Å². The molecule has 0 aromatic heterocycles. The van der Waals surface area contributed by atoms with E-state index in [4.69, 9.17) is 0 Å². The molecule has 22 heavy (non-hydrogen) atoms. The van der Waals surface area contributed by atoms with E-state index < -0.39 is 0 Å². The molecule has 1 heterocycles. The van der Waals surface area contributed by atoms with Gasteiger partial charge in [0.15, 0.2) is 5.78 Å². The second kappa shape index (κ2) is 6.92. The number of rotatable bonds is 3. The van der Waals surface area contributed by atoms with Crippen LogP contribution in [0.25, 0.3) is 0 Å². The van der Waals surface area contributed by atoms with Gasteiger partial charge >= 0.3 is 6.03 Å². The molecular weight excluding hydrogens is 278 g/mol. The van der Waals surface area contributed by atoms with Gasteiger partial charge < -0.3 is 10.2 Å². The van der Waals surface area contributed by atoms with Crippen molar-refractivity contribution in [3.63, 3.8) is 0 Å². The number of hydrogen-bond acceptors (Lipinski definition) is 3. The number of piperazine rings is 1. The number of nitrogens with zero attached hydrogens (tertiary/aromatic N) is 2. The number of anilines is 1. The van der Waals surface area contributed by atoms with Gasteiger partial charge in [0.2, 0.25) is 0 Å². The van der Waals surface area contributed by atoms with E-state index in [1.165, 1.54) is 0 Å². The first kappa shape index (κ1) is 16.5. The molecule has 1 aromatic carbocycles. The monoisotopic (exact) mass is 303 g/mol. The van der Waals surface area contributed by atoms with Crippen LogP contribution in [0.2, 0.25) is 0 Å². The summed E-state index contributed by atoms with van der Waals surface area (Å²) in [6.07, 6.45) is 0. The first-order valence-electron chi connectivity index (χ1n) is 7.73. The third kappa shape index (κ3) is 4.56. The molecule has 1 aliphatic rings. The van der Waals surface area contributed by atoms with Gasteiger partial charge in [0, 0.05) is 37.3 Å². The van der Waals surface area contributed by atoms with Crippen molar-refractivity contribution in [3.05, 3.63) is 30.3 Å². The Labute approximate surface area is 132 Å². The van der Waals surface area contributed by atoms with Crippen LogP contribution in [0.3, 0.4) is 0 Å². The summed E-state index contributed by atoms with van der Waals surface area (Å²) in [4.78, 5) is 28.2. The number of urea groups is 1. The van der Waals surface area contributed by atoms with Crippen molar-refractivity contribution in [2.75, 3.05) is 38.0 Å². The number of carbonyl (C=O) groups excluding carboxylic acids is 2. The molecule has 1 aliphatic heterocycles. The SMILES string of the molecule is CC(C)(C)C(=O)CN1CCN(C(=O)Nc2ccccc2)CC1. The average Bonchev–Trinajstić information content (AvgIpc) is 2.48. The lowest BCUT2D eigenvalue weighted by atomic mass is 9.90. The fraction of sp³-hybridized carbons (Fsp3) is 0.529. The van der Waals surface area contributed by atoms with Crippen LogP contribution >= 0.6 is 0 Å². The van der Waals surface area contributed by atoms with Crippen molar-refractivity contribution in [2.24, 2.45) is 5.41 Å². The van der Waals surface area contributed by atoms with Crippen molar-refractivity contribution >= 4 is 17.5 Å². The normalized spacial score (nSPS) is 16.4. The van der Waals surface area contributed by atoms with Crippen LogP contribution in [-0.2, 0) is 4.79 Å². The van der Waals surface area contributed by atoms with Crippen LogP contribution < -0.4 is 5.32 Å². The minimum atomic E-state index is -0.304. The quantitative estimate of drug-likeness (QED) is 0.933. The van der Waals surface area contributed by atoms with E-state index in [9.17, 15) is 9.59 Å². The Hall–Kier alpha value is -1.88. The van der Waals surface area contributed by atoms with E-state index in [0.29, 0.717) is 19.6 Å². The fourth-order valence-corrected chi connectivity index (χ4v) is 2.27. The smallest absolute Gasteiger partial charge is 0.321 e. The third-order valence-electron chi connectivity index (χ3n) is 3.89. The highest BCUT2D eigenvalue weighted by Gasteiger charge is 2.26. The molecule has 0 bridgehead atoms. The molecule has 1 fully saturated rings. The van der Waals surface area contributed by atoms with Gasteiger partial charge in [-0.2, -0.15) is 0 Å². The highest BCUT2D eigenvalue weighted by molar-refractivity contribution is 5.89. The molecule has 0 spiro atoms. The van der Waals surface area contributed by atoms with Crippen LogP contribution in [0.15, 0.2) is 30.3 Å². The van der Waals surface area contributed by atoms with Crippen LogP contribution in [-0.4, -0.2) is 54.3 Å². The summed E-state index contributed by atoms with van der Waals surface area (Å²) < 4.78 is 0. The second-order valence-corrected chi connectivity index (χ2v) is 6.73. The Bertz CT molecular complexity index is 514. The van der Waals surface area contributed by atoms with Crippen LogP contribution in [0, 0.1) is 5.41 Å². The first-order chi connectivity index (χ1) is 10.4. The molecule has 0 aliphatic carbocycles. The van der Waals surface area contributed by atoms with E-state index in [-0.39, 0.29) is 17.2 Å². The number of carbonyl (C=O) groups is 2. The summed E-state index contributed by atoms with van der Waals surface area (Å²) in [6.45, 7) is 9.08. The topological polar surface area (TPSA) is 52.7 Å². The van der Waals surface area contributed by atoms with Gasteiger partial charge in [-0.25, -0.2) is 4.79 Å². The van der Waals surface area contributed by atoms with E-state index in [1.807, 2.05) is 51.1 Å². The molecule has 120 valence electrons. The molecule has 1 N–H and O–H groups in total. The largest absolute Gasteiger partial charge is 0.322 e. The molecule has 0 unspecified atom stereocenters. The van der Waals surface area contributed by atoms with Crippen molar-refractivity contribution < 1.29 is 9.59 Å². The van der Waals surface area contributed by atoms with Gasteiger partial charge in [0.25, 0.3) is 0 Å². The van der Waals surface area contributed by atoms with Gasteiger partial charge in [0.05, 0.1) is 6.54 Å². The molecule has 2 rings (SSSR count). The summed E-state index contributed by atoms with van der Waals surface area (Å²) in [5, 5.41) is 2.89. The van der Waals surface area contributed by atoms with E-state index in [2.05, 4.69) is 10.2 Å². The molecule has 5 nitrogen and oxygen atoms in total. The summed E-state index contributed by atoms with van der Waals surface area (Å²) in [7, 11) is 0. The predicted octanol–water partition coefficient (Wildman–Crippen LogP) is 2.45. The minimum Gasteiger partial charge on any atom is -0.322 e. The van der Waals surface area contributed by atoms with E-state index in [0.717, 1.165) is 18.8 Å². The number of nitrogens with one attached hydrogen (secondary N) is 1. The lowest BCUT2D eigenvalue weighted by molar-refractivity contribution is -0.127. The van der Waals surface area contributed by atoms with Crippen molar-refractivity contribution in [1.29, 1.82) is 0 Å². The van der Waals surface area contributed by atoms with E-state index in [1.54, 1.807) is 4.90 Å². The Morgan fingerprint density at radius 3 is 2.18 bits per heavy atom. The number of ketones is 1. The van der Waals surface area contributed by atoms with Gasteiger partial charge in [-0.15, -0.1) is 0 Å². The Morgan fingerprint density at radius 1 is 1.05 bits per heavy atom. The first-order valence-corrected chi connectivity index (χ1v) is 7.73. The second-order valence-electron chi connectivity index (χ2n) is 6.73. The maximum absolute atomic E-state index is 12.2. The molecular formula is C17H25N3O2. The summed E-state index contributed by atoms with van der Waals surface area (Å²) in [5.41, 5.74) is 0.500. The van der Waals surface area contributed by atoms with Gasteiger partial charge in [-0.3, -0.25) is 9.69 Å². The van der Waals surface area contributed by atoms with E-state index >= 15 is 0 Å². The molecule has 1 saturated heterocycles. The Balaban J connectivity index is 1.79. The standard InChI is InChI=1S/C17H25N3O2/c1-17(2,3)15(21)13-19-9-11-20(12-10-19)16(22)18-14-7-5-4-6-8-14/h4-8H,9-13H2,1-3H3,(H,18,22). The van der Waals surface area contributed by atoms with Gasteiger partial charge in [-0.05, 0) is 12.1 Å². The zero-order valence-electron chi connectivity index (χ0n) is 13.6.